The van der Waals surface area contributed by atoms with Crippen LogP contribution in [-0.2, 0) is 9.47 Å². The lowest BCUT2D eigenvalue weighted by molar-refractivity contribution is -0.0748. The maximum atomic E-state index is 12.1. The number of nitrogens with two attached hydrogens (primary N) is 1. The molecule has 1 aromatic heterocycles. The van der Waals surface area contributed by atoms with Crippen LogP contribution in [0.15, 0.2) is 17.1 Å². The number of hydrogen-bond acceptors (Lipinski definition) is 7. The molecule has 5 radical (unpaired) electrons. The predicted molar refractivity (Wildman–Crippen MR) is 93.9 cm³/mol. The van der Waals surface area contributed by atoms with Gasteiger partial charge in [0.1, 0.15) is 24.1 Å². The van der Waals surface area contributed by atoms with Crippen LogP contribution in [-0.4, -0.2) is 51.3 Å². The van der Waals surface area contributed by atoms with Crippen LogP contribution < -0.4 is 11.4 Å². The number of nitrogens with zero attached hydrogens (tertiary/aromatic N) is 2. The van der Waals surface area contributed by atoms with Crippen LogP contribution in [0.25, 0.3) is 0 Å². The second-order valence-corrected chi connectivity index (χ2v) is 6.37. The van der Waals surface area contributed by atoms with Gasteiger partial charge < -0.3 is 25.4 Å². The van der Waals surface area contributed by atoms with E-state index >= 15 is 0 Å². The van der Waals surface area contributed by atoms with Crippen molar-refractivity contribution in [2.24, 2.45) is 0 Å². The normalized spacial score (nSPS) is 29.5. The van der Waals surface area contributed by atoms with Gasteiger partial charge in [-0.2, -0.15) is 4.98 Å². The molecule has 2 aliphatic rings. The molecule has 0 aromatic carbocycles. The number of aliphatic hydroxyl groups excluding tert-OH is 2. The molecule has 3 rings (SSSR count). The van der Waals surface area contributed by atoms with E-state index < -0.39 is 30.2 Å². The summed E-state index contributed by atoms with van der Waals surface area (Å²) in [5.74, 6) is 1.39. The Morgan fingerprint density at radius 1 is 1.31 bits per heavy atom. The van der Waals surface area contributed by atoms with Crippen LogP contribution in [0, 0.1) is 31.6 Å². The number of nitrogen functional groups attached to an aromatic ring is 1. The van der Waals surface area contributed by atoms with E-state index in [0.29, 0.717) is 6.61 Å². The molecule has 8 nitrogen and oxygen atoms in total. The van der Waals surface area contributed by atoms with Crippen molar-refractivity contribution in [3.8, 4) is 0 Å². The summed E-state index contributed by atoms with van der Waals surface area (Å²) in [5, 5.41) is 19.7. The van der Waals surface area contributed by atoms with Gasteiger partial charge in [-0.3, -0.25) is 4.57 Å². The van der Waals surface area contributed by atoms with Gasteiger partial charge in [-0.25, -0.2) is 4.79 Å². The molecule has 1 aromatic rings. The van der Waals surface area contributed by atoms with Crippen molar-refractivity contribution in [1.29, 1.82) is 0 Å². The summed E-state index contributed by atoms with van der Waals surface area (Å²) in [6.07, 6.45) is 8.86. The van der Waals surface area contributed by atoms with Crippen LogP contribution in [0.2, 0.25) is 0 Å². The molecule has 8 heteroatoms. The Labute approximate surface area is 152 Å². The molecule has 2 fully saturated rings. The maximum absolute atomic E-state index is 12.1. The van der Waals surface area contributed by atoms with Gasteiger partial charge in [-0.1, -0.05) is 6.42 Å². The summed E-state index contributed by atoms with van der Waals surface area (Å²) in [7, 11) is 0. The van der Waals surface area contributed by atoms with Gasteiger partial charge in [-0.15, -0.1) is 0 Å². The van der Waals surface area contributed by atoms with Gasteiger partial charge >= 0.3 is 5.69 Å². The summed E-state index contributed by atoms with van der Waals surface area (Å²) in [6, 6.07) is 1.47. The number of aromatic nitrogens is 2. The minimum Gasteiger partial charge on any atom is -0.394 e. The van der Waals surface area contributed by atoms with E-state index in [1.807, 2.05) is 12.8 Å². The maximum Gasteiger partial charge on any atom is 0.351 e. The largest absolute Gasteiger partial charge is 0.394 e. The molecule has 4 N–H and O–H groups in total. The summed E-state index contributed by atoms with van der Waals surface area (Å²) < 4.78 is 12.7. The average Bonchev–Trinajstić information content (AvgIpc) is 3.23. The number of ether oxygens (including phenoxy) is 2. The highest BCUT2D eigenvalue weighted by atomic mass is 16.6. The zero-order valence-corrected chi connectivity index (χ0v) is 14.4. The first kappa shape index (κ1) is 19.3. The van der Waals surface area contributed by atoms with E-state index in [1.54, 1.807) is 0 Å². The second-order valence-electron chi connectivity index (χ2n) is 6.37. The smallest absolute Gasteiger partial charge is 0.351 e. The van der Waals surface area contributed by atoms with Crippen LogP contribution in [0.1, 0.15) is 25.5 Å². The molecule has 4 atom stereocenters. The summed E-state index contributed by atoms with van der Waals surface area (Å²) in [5.41, 5.74) is 4.92. The van der Waals surface area contributed by atoms with E-state index in [9.17, 15) is 15.0 Å². The summed E-state index contributed by atoms with van der Waals surface area (Å²) in [4.78, 5) is 15.7. The minimum atomic E-state index is -1.04. The first-order chi connectivity index (χ1) is 12.6. The molecule has 0 unspecified atom stereocenters. The molecule has 141 valence electrons. The highest BCUT2D eigenvalue weighted by Crippen LogP contribution is 2.31. The third-order valence-corrected chi connectivity index (χ3v) is 4.52. The Morgan fingerprint density at radius 3 is 2.77 bits per heavy atom. The Bertz CT molecular complexity index is 631. The fraction of sp³-hybridized carbons (Fsp3) is 0.500. The van der Waals surface area contributed by atoms with Crippen molar-refractivity contribution in [1.82, 2.24) is 9.55 Å². The lowest BCUT2D eigenvalue weighted by Gasteiger charge is -2.22. The van der Waals surface area contributed by atoms with Crippen LogP contribution >= 0.6 is 0 Å². The standard InChI is InChI=1S/C18H24N3O5/c19-14-8-9-21(18(24)20-14)17-16(15(23)13(11-22)26-17)25-10-4-3-7-12-5-1-2-6-12/h1-2,5-6,8-9,13,15-17,22-23H,3-4,7,10-11H2,(H2,19,20,24)/t13-,15-,16-,17-/m1/s1. The molecular formula is C18H24N3O5. The third-order valence-electron chi connectivity index (χ3n) is 4.52. The molecule has 1 aliphatic carbocycles. The van der Waals surface area contributed by atoms with Gasteiger partial charge in [0.2, 0.25) is 0 Å². The SMILES string of the molecule is Nc1ccn([C@@H]2O[C@H](CO)[C@@H](O)[C@H]2OCCCC[C]2[CH][CH][CH][CH]2)c(=O)n1. The minimum absolute atomic E-state index is 0.105. The fourth-order valence-electron chi connectivity index (χ4n) is 3.12. The Kier molecular flexibility index (Phi) is 6.63. The van der Waals surface area contributed by atoms with Gasteiger partial charge in [-0.05, 0) is 50.5 Å². The number of unbranched alkanes of at least 4 members (excludes halogenated alkanes) is 1. The molecule has 0 spiro atoms. The second kappa shape index (κ2) is 8.94. The van der Waals surface area contributed by atoms with Crippen molar-refractivity contribution in [2.75, 3.05) is 18.9 Å². The number of hydrogen-bond donors (Lipinski definition) is 3. The van der Waals surface area contributed by atoms with Crippen molar-refractivity contribution >= 4 is 5.82 Å². The third kappa shape index (κ3) is 4.43. The van der Waals surface area contributed by atoms with E-state index in [4.69, 9.17) is 15.2 Å². The Balaban J connectivity index is 1.57. The zero-order chi connectivity index (χ0) is 18.5. The van der Waals surface area contributed by atoms with E-state index in [2.05, 4.69) is 17.8 Å². The van der Waals surface area contributed by atoms with Crippen molar-refractivity contribution in [3.05, 3.63) is 54.3 Å². The zero-order valence-electron chi connectivity index (χ0n) is 14.4. The molecule has 26 heavy (non-hydrogen) atoms. The molecule has 0 amide bonds. The van der Waals surface area contributed by atoms with Crippen LogP contribution in [0.3, 0.4) is 0 Å². The first-order valence-corrected chi connectivity index (χ1v) is 8.71. The topological polar surface area (TPSA) is 120 Å². The number of aliphatic hydroxyl groups is 2. The molecular weight excluding hydrogens is 338 g/mol. The van der Waals surface area contributed by atoms with Crippen LogP contribution in [0.4, 0.5) is 5.82 Å². The fourth-order valence-corrected chi connectivity index (χ4v) is 3.12. The molecule has 1 saturated carbocycles. The monoisotopic (exact) mass is 362 g/mol. The van der Waals surface area contributed by atoms with Crippen molar-refractivity contribution in [3.63, 3.8) is 0 Å². The van der Waals surface area contributed by atoms with E-state index in [0.717, 1.165) is 19.3 Å². The molecule has 0 bridgehead atoms. The van der Waals surface area contributed by atoms with Crippen LogP contribution in [0.5, 0.6) is 0 Å². The average molecular weight is 362 g/mol. The Morgan fingerprint density at radius 2 is 2.08 bits per heavy atom. The summed E-state index contributed by atoms with van der Waals surface area (Å²) >= 11 is 0. The van der Waals surface area contributed by atoms with E-state index in [-0.39, 0.29) is 12.4 Å². The lowest BCUT2D eigenvalue weighted by atomic mass is 10.0. The Hall–Kier alpha value is -1.48. The number of rotatable bonds is 8. The molecule has 2 heterocycles. The van der Waals surface area contributed by atoms with E-state index in [1.165, 1.54) is 22.7 Å². The first-order valence-electron chi connectivity index (χ1n) is 8.71. The lowest BCUT2D eigenvalue weighted by Crippen LogP contribution is -2.38. The highest BCUT2D eigenvalue weighted by Gasteiger charge is 2.45. The van der Waals surface area contributed by atoms with Gasteiger partial charge in [0.05, 0.1) is 6.61 Å². The quantitative estimate of drug-likeness (QED) is 0.558. The van der Waals surface area contributed by atoms with Gasteiger partial charge in [0.25, 0.3) is 0 Å². The van der Waals surface area contributed by atoms with Gasteiger partial charge in [0, 0.05) is 12.8 Å². The highest BCUT2D eigenvalue weighted by molar-refractivity contribution is 5.34. The predicted octanol–water partition coefficient (Wildman–Crippen LogP) is 0.0369. The van der Waals surface area contributed by atoms with Gasteiger partial charge in [0.15, 0.2) is 6.23 Å². The molecule has 1 aliphatic heterocycles. The van der Waals surface area contributed by atoms with Crippen molar-refractivity contribution in [2.45, 2.75) is 43.8 Å². The number of anilines is 1. The summed E-state index contributed by atoms with van der Waals surface area (Å²) in [6.45, 7) is 0.0449. The van der Waals surface area contributed by atoms with Crippen molar-refractivity contribution < 1.29 is 19.7 Å². The molecule has 1 saturated heterocycles.